The number of nitrogens with zero attached hydrogens (tertiary/aromatic N) is 1. The maximum absolute atomic E-state index is 12.3. The lowest BCUT2D eigenvalue weighted by molar-refractivity contribution is -0.870. The van der Waals surface area contributed by atoms with Crippen LogP contribution in [0.25, 0.3) is 0 Å². The minimum absolute atomic E-state index is 0.0742. The first-order chi connectivity index (χ1) is 19.5. The highest BCUT2D eigenvalue weighted by Crippen LogP contribution is 2.39. The van der Waals surface area contributed by atoms with E-state index in [1.54, 1.807) is 0 Å². The number of phosphoric acid groups is 1. The zero-order valence-electron chi connectivity index (χ0n) is 26.9. The van der Waals surface area contributed by atoms with Crippen LogP contribution in [0, 0.1) is 5.92 Å². The van der Waals surface area contributed by atoms with Gasteiger partial charge in [0.25, 0.3) is 7.82 Å². The summed E-state index contributed by atoms with van der Waals surface area (Å²) in [4.78, 5) is 24.5. The highest BCUT2D eigenvalue weighted by Gasteiger charge is 2.19. The summed E-state index contributed by atoms with van der Waals surface area (Å²) >= 11 is 0. The van der Waals surface area contributed by atoms with Gasteiger partial charge in [-0.15, -0.1) is 0 Å². The molecule has 1 rings (SSSR count). The van der Waals surface area contributed by atoms with Crippen molar-refractivity contribution in [3.05, 3.63) is 29.8 Å². The Hall–Kier alpha value is -1.24. The fourth-order valence-electron chi connectivity index (χ4n) is 4.81. The van der Waals surface area contributed by atoms with E-state index in [-0.39, 0.29) is 31.3 Å². The van der Waals surface area contributed by atoms with Gasteiger partial charge in [-0.1, -0.05) is 90.2 Å². The minimum Gasteiger partial charge on any atom is -0.756 e. The summed E-state index contributed by atoms with van der Waals surface area (Å²) in [5.41, 5.74) is 1.00. The molecule has 1 aromatic carbocycles. The monoisotopic (exact) mass is 597 g/mol. The first kappa shape index (κ1) is 37.8. The Morgan fingerprint density at radius 3 is 2.07 bits per heavy atom. The van der Waals surface area contributed by atoms with Gasteiger partial charge in [0.15, 0.2) is 0 Å². The molecule has 0 saturated heterocycles. The van der Waals surface area contributed by atoms with Crippen molar-refractivity contribution in [3.8, 4) is 5.75 Å². The zero-order chi connectivity index (χ0) is 30.4. The van der Waals surface area contributed by atoms with Gasteiger partial charge in [0.1, 0.15) is 11.5 Å². The van der Waals surface area contributed by atoms with Crippen LogP contribution in [0.1, 0.15) is 116 Å². The molecule has 0 fully saturated rings. The number of carbonyl (C=O) groups excluding carboxylic acids is 1. The van der Waals surface area contributed by atoms with Gasteiger partial charge in [0.2, 0.25) is 0 Å². The summed E-state index contributed by atoms with van der Waals surface area (Å²) in [6.07, 6.45) is 17.0. The summed E-state index contributed by atoms with van der Waals surface area (Å²) in [5.74, 6) is 0.639. The van der Waals surface area contributed by atoms with Crippen LogP contribution in [-0.2, 0) is 24.8 Å². The highest BCUT2D eigenvalue weighted by atomic mass is 31.2. The third kappa shape index (κ3) is 22.0. The average molecular weight is 598 g/mol. The van der Waals surface area contributed by atoms with Gasteiger partial charge < -0.3 is 23.2 Å². The molecule has 2 atom stereocenters. The number of quaternary nitrogens is 1. The van der Waals surface area contributed by atoms with Crippen LogP contribution in [0.5, 0.6) is 5.75 Å². The zero-order valence-corrected chi connectivity index (χ0v) is 27.8. The number of hydrogen-bond donors (Lipinski definition) is 0. The Bertz CT molecular complexity index is 856. The van der Waals surface area contributed by atoms with Gasteiger partial charge in [0.05, 0.1) is 47.5 Å². The molecule has 0 aliphatic carbocycles. The lowest BCUT2D eigenvalue weighted by Gasteiger charge is -2.26. The van der Waals surface area contributed by atoms with Gasteiger partial charge in [-0.25, -0.2) is 0 Å². The second-order valence-electron chi connectivity index (χ2n) is 12.5. The summed E-state index contributed by atoms with van der Waals surface area (Å²) in [6, 6.07) is 7.87. The molecule has 0 amide bonds. The molecule has 7 nitrogen and oxygen atoms in total. The maximum Gasteiger partial charge on any atom is 0.267 e. The van der Waals surface area contributed by atoms with Crippen LogP contribution in [-0.4, -0.2) is 57.8 Å². The van der Waals surface area contributed by atoms with E-state index in [0.717, 1.165) is 35.2 Å². The molecule has 0 heterocycles. The molecule has 0 N–H and O–H groups in total. The summed E-state index contributed by atoms with van der Waals surface area (Å²) in [6.45, 7) is 5.74. The lowest BCUT2D eigenvalue weighted by atomic mass is 9.94. The Kier molecular flexibility index (Phi) is 20.6. The van der Waals surface area contributed by atoms with Gasteiger partial charge in [0, 0.05) is 12.8 Å². The fourth-order valence-corrected chi connectivity index (χ4v) is 5.63. The number of ether oxygens (including phenoxy) is 1. The number of carbonyl (C=O) groups is 1. The predicted molar refractivity (Wildman–Crippen MR) is 167 cm³/mol. The van der Waals surface area contributed by atoms with Gasteiger partial charge in [-0.2, -0.15) is 0 Å². The van der Waals surface area contributed by atoms with Crippen LogP contribution in [0.15, 0.2) is 24.3 Å². The number of phosphoric ester groups is 1. The molecule has 2 unspecified atom stereocenters. The first-order valence-electron chi connectivity index (χ1n) is 16.2. The molecule has 0 radical (unpaired) electrons. The number of Topliss-reactive ketones (excluding diaryl/α,β-unsaturated/α-hetero) is 1. The molecule has 0 bridgehead atoms. The molecular weight excluding hydrogens is 537 g/mol. The number of hydrogen-bond acceptors (Lipinski definition) is 6. The standard InChI is InChI=1S/C33H60NO6P/c1-6-8-9-10-11-12-13-14-15-16-18-24-38-33-22-20-21-30(28-33)26-31(27-32(35)7-2)29-40-41(36,37)39-25-19-17-23-34(3,4)5/h20-22,28,31H,6-19,23-27,29H2,1-5H3. The van der Waals surface area contributed by atoms with E-state index >= 15 is 0 Å². The van der Waals surface area contributed by atoms with Crippen molar-refractivity contribution in [2.75, 3.05) is 47.5 Å². The van der Waals surface area contributed by atoms with E-state index in [0.29, 0.717) is 25.9 Å². The normalized spacial score (nSPS) is 14.1. The molecule has 0 aliphatic heterocycles. The quantitative estimate of drug-likeness (QED) is 0.0582. The molecule has 238 valence electrons. The second-order valence-corrected chi connectivity index (χ2v) is 13.9. The fraction of sp³-hybridized carbons (Fsp3) is 0.788. The van der Waals surface area contributed by atoms with Crippen LogP contribution in [0.3, 0.4) is 0 Å². The van der Waals surface area contributed by atoms with Crippen LogP contribution >= 0.6 is 7.82 Å². The van der Waals surface area contributed by atoms with E-state index in [2.05, 4.69) is 28.1 Å². The van der Waals surface area contributed by atoms with E-state index in [9.17, 15) is 14.3 Å². The number of rotatable bonds is 27. The summed E-state index contributed by atoms with van der Waals surface area (Å²) in [7, 11) is 1.87. The molecular formula is C33H60NO6P. The van der Waals surface area contributed by atoms with Gasteiger partial charge in [-0.05, 0) is 49.3 Å². The molecule has 1 aromatic rings. The molecule has 0 spiro atoms. The van der Waals surface area contributed by atoms with E-state index in [4.69, 9.17) is 13.8 Å². The topological polar surface area (TPSA) is 84.9 Å². The van der Waals surface area contributed by atoms with Crippen LogP contribution < -0.4 is 9.63 Å². The third-order valence-corrected chi connectivity index (χ3v) is 8.26. The van der Waals surface area contributed by atoms with E-state index in [1.165, 1.54) is 64.2 Å². The van der Waals surface area contributed by atoms with Crippen LogP contribution in [0.2, 0.25) is 0 Å². The Morgan fingerprint density at radius 2 is 1.46 bits per heavy atom. The first-order valence-corrected chi connectivity index (χ1v) is 17.6. The van der Waals surface area contributed by atoms with Gasteiger partial charge in [-0.3, -0.25) is 9.36 Å². The van der Waals surface area contributed by atoms with Crippen molar-refractivity contribution in [3.63, 3.8) is 0 Å². The predicted octanol–water partition coefficient (Wildman–Crippen LogP) is 7.89. The van der Waals surface area contributed by atoms with E-state index in [1.807, 2.05) is 31.2 Å². The third-order valence-electron chi connectivity index (χ3n) is 7.29. The SMILES string of the molecule is CCCCCCCCCCCCCOc1cccc(CC(COP(=O)([O-])OCCCC[N+](C)(C)C)CC(=O)CC)c1. The molecule has 41 heavy (non-hydrogen) atoms. The lowest BCUT2D eigenvalue weighted by Crippen LogP contribution is -2.35. The molecule has 0 aliphatic rings. The second kappa shape index (κ2) is 22.3. The van der Waals surface area contributed by atoms with Crippen LogP contribution in [0.4, 0.5) is 0 Å². The van der Waals surface area contributed by atoms with E-state index < -0.39 is 7.82 Å². The molecule has 0 aromatic heterocycles. The maximum atomic E-state index is 12.3. The van der Waals surface area contributed by atoms with Crippen molar-refractivity contribution < 1.29 is 32.5 Å². The Labute approximate surface area is 251 Å². The van der Waals surface area contributed by atoms with Crippen molar-refractivity contribution in [2.45, 2.75) is 117 Å². The van der Waals surface area contributed by atoms with Gasteiger partial charge >= 0.3 is 0 Å². The summed E-state index contributed by atoms with van der Waals surface area (Å²) in [5, 5.41) is 0. The smallest absolute Gasteiger partial charge is 0.267 e. The van der Waals surface area contributed by atoms with Crippen molar-refractivity contribution in [1.82, 2.24) is 0 Å². The number of unbranched alkanes of at least 4 members (excludes halogenated alkanes) is 11. The number of benzene rings is 1. The van der Waals surface area contributed by atoms with Crippen molar-refractivity contribution in [1.29, 1.82) is 0 Å². The Morgan fingerprint density at radius 1 is 0.854 bits per heavy atom. The average Bonchev–Trinajstić information content (AvgIpc) is 2.91. The highest BCUT2D eigenvalue weighted by molar-refractivity contribution is 7.45. The largest absolute Gasteiger partial charge is 0.756 e. The summed E-state index contributed by atoms with van der Waals surface area (Å²) < 4.78 is 29.4. The van der Waals surface area contributed by atoms with Crippen molar-refractivity contribution >= 4 is 13.6 Å². The van der Waals surface area contributed by atoms with Crippen molar-refractivity contribution in [2.24, 2.45) is 5.92 Å². The minimum atomic E-state index is -4.42. The number of ketones is 1. The molecule has 0 saturated carbocycles. The molecule has 8 heteroatoms. The Balaban J connectivity index is 2.41.